The molecular formula is C21H20ClN5O. The van der Waals surface area contributed by atoms with Crippen LogP contribution in [0.4, 0.5) is 17.3 Å². The molecule has 4 rings (SSSR count). The second-order valence-electron chi connectivity index (χ2n) is 6.50. The van der Waals surface area contributed by atoms with E-state index in [1.807, 2.05) is 30.3 Å². The van der Waals surface area contributed by atoms with Crippen LogP contribution < -0.4 is 15.1 Å². The minimum absolute atomic E-state index is 0.213. The van der Waals surface area contributed by atoms with Gasteiger partial charge in [0, 0.05) is 49.9 Å². The average Bonchev–Trinajstić information content (AvgIpc) is 2.75. The molecular weight excluding hydrogens is 374 g/mol. The second kappa shape index (κ2) is 8.27. The minimum atomic E-state index is -0.213. The van der Waals surface area contributed by atoms with Crippen molar-refractivity contribution in [2.24, 2.45) is 0 Å². The smallest absolute Gasteiger partial charge is 0.257 e. The third kappa shape index (κ3) is 4.07. The Balaban J connectivity index is 1.36. The van der Waals surface area contributed by atoms with Crippen molar-refractivity contribution in [1.82, 2.24) is 9.97 Å². The molecule has 1 saturated heterocycles. The third-order valence-corrected chi connectivity index (χ3v) is 5.05. The predicted molar refractivity (Wildman–Crippen MR) is 112 cm³/mol. The highest BCUT2D eigenvalue weighted by atomic mass is 35.5. The summed E-state index contributed by atoms with van der Waals surface area (Å²) in [4.78, 5) is 25.5. The number of halogens is 1. The lowest BCUT2D eigenvalue weighted by atomic mass is 10.2. The first-order valence-electron chi connectivity index (χ1n) is 9.13. The Hall–Kier alpha value is -3.12. The number of nitrogens with zero attached hydrogens (tertiary/aromatic N) is 4. The molecule has 2 heterocycles. The fraction of sp³-hybridized carbons (Fsp3) is 0.190. The van der Waals surface area contributed by atoms with Crippen LogP contribution in [0.5, 0.6) is 0 Å². The van der Waals surface area contributed by atoms with Gasteiger partial charge in [0.15, 0.2) is 0 Å². The largest absolute Gasteiger partial charge is 0.368 e. The number of nitrogens with one attached hydrogen (secondary N) is 1. The Labute approximate surface area is 168 Å². The first-order chi connectivity index (χ1) is 13.7. The highest BCUT2D eigenvalue weighted by molar-refractivity contribution is 6.34. The van der Waals surface area contributed by atoms with Gasteiger partial charge in [0.05, 0.1) is 10.6 Å². The summed E-state index contributed by atoms with van der Waals surface area (Å²) in [6, 6.07) is 16.7. The maximum atomic E-state index is 12.4. The van der Waals surface area contributed by atoms with Crippen LogP contribution in [0.2, 0.25) is 5.02 Å². The van der Waals surface area contributed by atoms with E-state index in [-0.39, 0.29) is 5.91 Å². The van der Waals surface area contributed by atoms with Gasteiger partial charge in [0.1, 0.15) is 0 Å². The van der Waals surface area contributed by atoms with Crippen molar-refractivity contribution in [3.05, 3.63) is 77.6 Å². The molecule has 6 nitrogen and oxygen atoms in total. The van der Waals surface area contributed by atoms with Crippen molar-refractivity contribution in [3.8, 4) is 0 Å². The fourth-order valence-electron chi connectivity index (χ4n) is 3.22. The number of carbonyl (C=O) groups excluding carboxylic acids is 1. The SMILES string of the molecule is O=C(Nc1ccc(N2CCN(c3ncccn3)CC2)cc1)c1ccccc1Cl. The van der Waals surface area contributed by atoms with Crippen molar-refractivity contribution < 1.29 is 4.79 Å². The molecule has 0 bridgehead atoms. The molecule has 7 heteroatoms. The lowest BCUT2D eigenvalue weighted by Crippen LogP contribution is -2.47. The van der Waals surface area contributed by atoms with E-state index in [1.54, 1.807) is 36.7 Å². The van der Waals surface area contributed by atoms with E-state index in [4.69, 9.17) is 11.6 Å². The van der Waals surface area contributed by atoms with Crippen LogP contribution >= 0.6 is 11.6 Å². The topological polar surface area (TPSA) is 61.4 Å². The average molecular weight is 394 g/mol. The van der Waals surface area contributed by atoms with E-state index < -0.39 is 0 Å². The van der Waals surface area contributed by atoms with E-state index in [9.17, 15) is 4.79 Å². The van der Waals surface area contributed by atoms with Crippen LogP contribution in [-0.4, -0.2) is 42.1 Å². The number of benzene rings is 2. The highest BCUT2D eigenvalue weighted by Gasteiger charge is 2.19. The summed E-state index contributed by atoms with van der Waals surface area (Å²) in [7, 11) is 0. The van der Waals surface area contributed by atoms with Gasteiger partial charge < -0.3 is 15.1 Å². The molecule has 1 amide bonds. The van der Waals surface area contributed by atoms with E-state index in [2.05, 4.69) is 25.1 Å². The molecule has 0 saturated carbocycles. The minimum Gasteiger partial charge on any atom is -0.368 e. The summed E-state index contributed by atoms with van der Waals surface area (Å²) >= 11 is 6.09. The Kier molecular flexibility index (Phi) is 5.39. The van der Waals surface area contributed by atoms with Crippen molar-refractivity contribution >= 4 is 34.8 Å². The summed E-state index contributed by atoms with van der Waals surface area (Å²) in [6.45, 7) is 3.52. The molecule has 0 atom stereocenters. The van der Waals surface area contributed by atoms with Crippen LogP contribution in [0.25, 0.3) is 0 Å². The van der Waals surface area contributed by atoms with Gasteiger partial charge in [-0.15, -0.1) is 0 Å². The summed E-state index contributed by atoms with van der Waals surface area (Å²) in [5, 5.41) is 3.33. The Morgan fingerprint density at radius 1 is 0.857 bits per heavy atom. The maximum Gasteiger partial charge on any atom is 0.257 e. The molecule has 1 aliphatic heterocycles. The predicted octanol–water partition coefficient (Wildman–Crippen LogP) is 3.71. The van der Waals surface area contributed by atoms with Gasteiger partial charge in [-0.1, -0.05) is 23.7 Å². The van der Waals surface area contributed by atoms with E-state index in [0.717, 1.165) is 43.5 Å². The van der Waals surface area contributed by atoms with Crippen molar-refractivity contribution in [3.63, 3.8) is 0 Å². The molecule has 1 N–H and O–H groups in total. The number of piperazine rings is 1. The van der Waals surface area contributed by atoms with Crippen molar-refractivity contribution in [2.45, 2.75) is 0 Å². The molecule has 2 aromatic carbocycles. The molecule has 1 fully saturated rings. The number of aromatic nitrogens is 2. The first kappa shape index (κ1) is 18.3. The lowest BCUT2D eigenvalue weighted by molar-refractivity contribution is 0.102. The van der Waals surface area contributed by atoms with Gasteiger partial charge in [-0.25, -0.2) is 9.97 Å². The third-order valence-electron chi connectivity index (χ3n) is 4.72. The summed E-state index contributed by atoms with van der Waals surface area (Å²) in [5.41, 5.74) is 2.34. The van der Waals surface area contributed by atoms with Gasteiger partial charge >= 0.3 is 0 Å². The molecule has 0 aliphatic carbocycles. The van der Waals surface area contributed by atoms with Gasteiger partial charge in [-0.05, 0) is 42.5 Å². The van der Waals surface area contributed by atoms with Gasteiger partial charge in [0.2, 0.25) is 5.95 Å². The Morgan fingerprint density at radius 3 is 2.18 bits per heavy atom. The van der Waals surface area contributed by atoms with Crippen LogP contribution in [0.1, 0.15) is 10.4 Å². The number of carbonyl (C=O) groups is 1. The fourth-order valence-corrected chi connectivity index (χ4v) is 3.44. The zero-order valence-electron chi connectivity index (χ0n) is 15.3. The standard InChI is InChI=1S/C21H20ClN5O/c22-19-5-2-1-4-18(19)20(28)25-16-6-8-17(9-7-16)26-12-14-27(15-13-26)21-23-10-3-11-24-21/h1-11H,12-15H2,(H,25,28). The lowest BCUT2D eigenvalue weighted by Gasteiger charge is -2.36. The number of hydrogen-bond donors (Lipinski definition) is 1. The zero-order chi connectivity index (χ0) is 19.3. The van der Waals surface area contributed by atoms with Gasteiger partial charge in [-0.2, -0.15) is 0 Å². The molecule has 0 unspecified atom stereocenters. The molecule has 142 valence electrons. The van der Waals surface area contributed by atoms with E-state index >= 15 is 0 Å². The van der Waals surface area contributed by atoms with Gasteiger partial charge in [-0.3, -0.25) is 4.79 Å². The normalized spacial score (nSPS) is 14.0. The Bertz CT molecular complexity index is 941. The first-order valence-corrected chi connectivity index (χ1v) is 9.51. The number of rotatable bonds is 4. The second-order valence-corrected chi connectivity index (χ2v) is 6.91. The van der Waals surface area contributed by atoms with Gasteiger partial charge in [0.25, 0.3) is 5.91 Å². The number of hydrogen-bond acceptors (Lipinski definition) is 5. The van der Waals surface area contributed by atoms with E-state index in [0.29, 0.717) is 10.6 Å². The zero-order valence-corrected chi connectivity index (χ0v) is 16.0. The Morgan fingerprint density at radius 2 is 1.50 bits per heavy atom. The molecule has 1 aliphatic rings. The van der Waals surface area contributed by atoms with Crippen LogP contribution in [0.3, 0.4) is 0 Å². The molecule has 3 aromatic rings. The van der Waals surface area contributed by atoms with Crippen LogP contribution in [0.15, 0.2) is 67.0 Å². The van der Waals surface area contributed by atoms with Crippen molar-refractivity contribution in [1.29, 1.82) is 0 Å². The number of amides is 1. The summed E-state index contributed by atoms with van der Waals surface area (Å²) < 4.78 is 0. The quantitative estimate of drug-likeness (QED) is 0.732. The van der Waals surface area contributed by atoms with Crippen LogP contribution in [-0.2, 0) is 0 Å². The monoisotopic (exact) mass is 393 g/mol. The maximum absolute atomic E-state index is 12.4. The van der Waals surface area contributed by atoms with Crippen LogP contribution in [0, 0.1) is 0 Å². The number of anilines is 3. The molecule has 1 aromatic heterocycles. The van der Waals surface area contributed by atoms with E-state index in [1.165, 1.54) is 0 Å². The van der Waals surface area contributed by atoms with Crippen molar-refractivity contribution in [2.75, 3.05) is 41.3 Å². The summed E-state index contributed by atoms with van der Waals surface area (Å²) in [5.74, 6) is 0.564. The summed E-state index contributed by atoms with van der Waals surface area (Å²) in [6.07, 6.45) is 3.54. The molecule has 0 radical (unpaired) electrons. The molecule has 0 spiro atoms. The molecule has 28 heavy (non-hydrogen) atoms. The highest BCUT2D eigenvalue weighted by Crippen LogP contribution is 2.22.